The Bertz CT molecular complexity index is 1330. The van der Waals surface area contributed by atoms with Gasteiger partial charge in [-0.2, -0.15) is 0 Å². The fraction of sp³-hybridized carbons (Fsp3) is 0.280. The number of amides is 1. The molecular formula is C25H27N5O2S2. The van der Waals surface area contributed by atoms with Crippen molar-refractivity contribution in [2.75, 3.05) is 18.2 Å². The molecule has 0 saturated carbocycles. The average Bonchev–Trinajstić information content (AvgIpc) is 3.46. The third kappa shape index (κ3) is 5.00. The molecule has 0 aliphatic rings. The molecule has 0 bridgehead atoms. The second-order valence-corrected chi connectivity index (χ2v) is 9.68. The first-order chi connectivity index (χ1) is 16.4. The maximum Gasteiger partial charge on any atom is 0.236 e. The summed E-state index contributed by atoms with van der Waals surface area (Å²) in [6.07, 6.45) is 0. The van der Waals surface area contributed by atoms with Crippen LogP contribution in [-0.4, -0.2) is 38.5 Å². The monoisotopic (exact) mass is 493 g/mol. The highest BCUT2D eigenvalue weighted by molar-refractivity contribution is 7.99. The molecule has 1 amide bonds. The molecule has 2 heterocycles. The Morgan fingerprint density at radius 2 is 1.85 bits per heavy atom. The van der Waals surface area contributed by atoms with Crippen molar-refractivity contribution in [3.8, 4) is 28.4 Å². The zero-order valence-corrected chi connectivity index (χ0v) is 21.5. The summed E-state index contributed by atoms with van der Waals surface area (Å²) < 4.78 is 7.45. The first kappa shape index (κ1) is 24.0. The number of rotatable bonds is 8. The zero-order chi connectivity index (χ0) is 24.2. The topological polar surface area (TPSA) is 81.9 Å². The number of hydrogen-bond acceptors (Lipinski definition) is 7. The Labute approximate surface area is 207 Å². The van der Waals surface area contributed by atoms with Crippen molar-refractivity contribution < 1.29 is 9.53 Å². The van der Waals surface area contributed by atoms with Gasteiger partial charge in [-0.05, 0) is 62.6 Å². The highest BCUT2D eigenvalue weighted by Crippen LogP contribution is 2.32. The summed E-state index contributed by atoms with van der Waals surface area (Å²) in [6.45, 7) is 8.99. The zero-order valence-electron chi connectivity index (χ0n) is 19.9. The van der Waals surface area contributed by atoms with Crippen molar-refractivity contribution in [3.63, 3.8) is 0 Å². The van der Waals surface area contributed by atoms with Gasteiger partial charge in [-0.3, -0.25) is 4.79 Å². The van der Waals surface area contributed by atoms with Gasteiger partial charge in [0.05, 0.1) is 24.1 Å². The number of aryl methyl sites for hydroxylation is 3. The number of benzene rings is 2. The van der Waals surface area contributed by atoms with Gasteiger partial charge in [-0.25, -0.2) is 4.98 Å². The van der Waals surface area contributed by atoms with Crippen LogP contribution in [0.1, 0.15) is 23.6 Å². The van der Waals surface area contributed by atoms with E-state index in [1.54, 1.807) is 7.11 Å². The van der Waals surface area contributed by atoms with Gasteiger partial charge in [0.1, 0.15) is 5.75 Å². The van der Waals surface area contributed by atoms with E-state index in [1.807, 2.05) is 41.1 Å². The van der Waals surface area contributed by atoms with Crippen LogP contribution in [0.5, 0.6) is 5.75 Å². The summed E-state index contributed by atoms with van der Waals surface area (Å²) in [7, 11) is 1.64. The van der Waals surface area contributed by atoms with Crippen LogP contribution < -0.4 is 10.1 Å². The van der Waals surface area contributed by atoms with Crippen molar-refractivity contribution in [3.05, 3.63) is 58.5 Å². The third-order valence-corrected chi connectivity index (χ3v) is 7.30. The lowest BCUT2D eigenvalue weighted by Crippen LogP contribution is -2.14. The lowest BCUT2D eigenvalue weighted by Gasteiger charge is -2.10. The summed E-state index contributed by atoms with van der Waals surface area (Å²) in [4.78, 5) is 17.3. The quantitative estimate of drug-likeness (QED) is 0.315. The second kappa shape index (κ2) is 10.4. The van der Waals surface area contributed by atoms with Gasteiger partial charge in [-0.1, -0.05) is 30.0 Å². The number of nitrogens with zero attached hydrogens (tertiary/aromatic N) is 4. The summed E-state index contributed by atoms with van der Waals surface area (Å²) in [6, 6.07) is 12.0. The molecule has 176 valence electrons. The number of ether oxygens (including phenoxy) is 1. The number of nitrogens with one attached hydrogen (secondary N) is 1. The molecule has 1 N–H and O–H groups in total. The van der Waals surface area contributed by atoms with E-state index in [0.29, 0.717) is 16.8 Å². The lowest BCUT2D eigenvalue weighted by atomic mass is 9.99. The van der Waals surface area contributed by atoms with E-state index >= 15 is 0 Å². The fourth-order valence-electron chi connectivity index (χ4n) is 3.69. The van der Waals surface area contributed by atoms with Crippen molar-refractivity contribution in [2.45, 2.75) is 39.4 Å². The SMILES string of the molecule is CCn1c(SCC(=O)Nc2nc(-c3cc(C)c(C)cc3C)cs2)nnc1-c1ccccc1OC. The molecule has 0 aliphatic carbocycles. The van der Waals surface area contributed by atoms with Gasteiger partial charge >= 0.3 is 0 Å². The lowest BCUT2D eigenvalue weighted by molar-refractivity contribution is -0.113. The fourth-order valence-corrected chi connectivity index (χ4v) is 5.22. The standard InChI is InChI=1S/C25H27N5O2S2/c1-6-30-23(18-9-7-8-10-21(18)32-5)28-29-25(30)34-14-22(31)27-24-26-20(13-33-24)19-12-16(3)15(2)11-17(19)4/h7-13H,6,14H2,1-5H3,(H,26,27,31). The maximum atomic E-state index is 12.6. The summed E-state index contributed by atoms with van der Waals surface area (Å²) >= 11 is 2.78. The van der Waals surface area contributed by atoms with Crippen LogP contribution in [0, 0.1) is 20.8 Å². The molecule has 2 aromatic heterocycles. The number of thioether (sulfide) groups is 1. The average molecular weight is 494 g/mol. The second-order valence-electron chi connectivity index (χ2n) is 7.88. The first-order valence-electron chi connectivity index (χ1n) is 10.9. The van der Waals surface area contributed by atoms with E-state index in [4.69, 9.17) is 4.74 Å². The summed E-state index contributed by atoms with van der Waals surface area (Å²) in [5, 5.41) is 14.8. The largest absolute Gasteiger partial charge is 0.496 e. The Balaban J connectivity index is 1.44. The molecule has 0 unspecified atom stereocenters. The van der Waals surface area contributed by atoms with Gasteiger partial charge in [0.2, 0.25) is 5.91 Å². The van der Waals surface area contributed by atoms with Crippen LogP contribution in [0.15, 0.2) is 46.9 Å². The predicted octanol–water partition coefficient (Wildman–Crippen LogP) is 5.75. The Kier molecular flexibility index (Phi) is 7.33. The van der Waals surface area contributed by atoms with Gasteiger partial charge in [0.25, 0.3) is 0 Å². The number of aromatic nitrogens is 4. The van der Waals surface area contributed by atoms with Crippen LogP contribution in [-0.2, 0) is 11.3 Å². The highest BCUT2D eigenvalue weighted by atomic mass is 32.2. The number of methoxy groups -OCH3 is 1. The van der Waals surface area contributed by atoms with E-state index in [9.17, 15) is 4.79 Å². The van der Waals surface area contributed by atoms with E-state index in [1.165, 1.54) is 39.8 Å². The van der Waals surface area contributed by atoms with Crippen molar-refractivity contribution in [1.82, 2.24) is 19.7 Å². The predicted molar refractivity (Wildman–Crippen MR) is 139 cm³/mol. The van der Waals surface area contributed by atoms with Gasteiger partial charge < -0.3 is 14.6 Å². The number of para-hydroxylation sites is 1. The van der Waals surface area contributed by atoms with E-state index in [0.717, 1.165) is 28.4 Å². The van der Waals surface area contributed by atoms with Crippen LogP contribution >= 0.6 is 23.1 Å². The molecule has 2 aromatic carbocycles. The molecule has 0 saturated heterocycles. The van der Waals surface area contributed by atoms with Crippen molar-refractivity contribution >= 4 is 34.1 Å². The molecule has 4 rings (SSSR count). The smallest absolute Gasteiger partial charge is 0.236 e. The summed E-state index contributed by atoms with van der Waals surface area (Å²) in [5.74, 6) is 1.53. The number of carbonyl (C=O) groups excluding carboxylic acids is 1. The normalized spacial score (nSPS) is 11.0. The third-order valence-electron chi connectivity index (χ3n) is 5.58. The van der Waals surface area contributed by atoms with Crippen LogP contribution in [0.3, 0.4) is 0 Å². The minimum Gasteiger partial charge on any atom is -0.496 e. The minimum absolute atomic E-state index is 0.132. The molecular weight excluding hydrogens is 466 g/mol. The molecule has 0 spiro atoms. The molecule has 9 heteroatoms. The molecule has 7 nitrogen and oxygen atoms in total. The summed E-state index contributed by atoms with van der Waals surface area (Å²) in [5.41, 5.74) is 6.49. The molecule has 0 aliphatic heterocycles. The van der Waals surface area contributed by atoms with Crippen LogP contribution in [0.4, 0.5) is 5.13 Å². The molecule has 0 fully saturated rings. The highest BCUT2D eigenvalue weighted by Gasteiger charge is 2.18. The Morgan fingerprint density at radius 3 is 2.62 bits per heavy atom. The van der Waals surface area contributed by atoms with E-state index in [2.05, 4.69) is 53.4 Å². The van der Waals surface area contributed by atoms with E-state index in [-0.39, 0.29) is 11.7 Å². The van der Waals surface area contributed by atoms with Crippen molar-refractivity contribution in [1.29, 1.82) is 0 Å². The van der Waals surface area contributed by atoms with Crippen LogP contribution in [0.25, 0.3) is 22.6 Å². The minimum atomic E-state index is -0.132. The Hall–Kier alpha value is -3.17. The number of hydrogen-bond donors (Lipinski definition) is 1. The van der Waals surface area contributed by atoms with E-state index < -0.39 is 0 Å². The molecule has 4 aromatic rings. The molecule has 0 atom stereocenters. The Morgan fingerprint density at radius 1 is 1.09 bits per heavy atom. The van der Waals surface area contributed by atoms with Gasteiger partial charge in [0, 0.05) is 17.5 Å². The van der Waals surface area contributed by atoms with Crippen molar-refractivity contribution in [2.24, 2.45) is 0 Å². The number of thiazole rings is 1. The van der Waals surface area contributed by atoms with Gasteiger partial charge in [0.15, 0.2) is 16.1 Å². The number of carbonyl (C=O) groups is 1. The first-order valence-corrected chi connectivity index (χ1v) is 12.8. The molecule has 0 radical (unpaired) electrons. The number of anilines is 1. The van der Waals surface area contributed by atoms with Gasteiger partial charge in [-0.15, -0.1) is 21.5 Å². The molecule has 34 heavy (non-hydrogen) atoms. The maximum absolute atomic E-state index is 12.6. The van der Waals surface area contributed by atoms with Crippen LogP contribution in [0.2, 0.25) is 0 Å².